The van der Waals surface area contributed by atoms with Crippen LogP contribution in [0.4, 0.5) is 0 Å². The van der Waals surface area contributed by atoms with E-state index >= 15 is 0 Å². The van der Waals surface area contributed by atoms with Crippen molar-refractivity contribution in [1.82, 2.24) is 0 Å². The fourth-order valence-corrected chi connectivity index (χ4v) is 2.70. The molecule has 0 radical (unpaired) electrons. The van der Waals surface area contributed by atoms with Crippen LogP contribution < -0.4 is 4.74 Å². The molecular formula is C17H26O. The Hall–Kier alpha value is -0.980. The topological polar surface area (TPSA) is 9.23 Å². The lowest BCUT2D eigenvalue weighted by Crippen LogP contribution is -2.24. The van der Waals surface area contributed by atoms with Crippen molar-refractivity contribution in [2.45, 2.75) is 70.8 Å². The normalized spacial score (nSPS) is 15.7. The molecule has 0 spiro atoms. The number of ether oxygens (including phenoxy) is 1. The molecule has 100 valence electrons. The molecule has 1 aromatic carbocycles. The van der Waals surface area contributed by atoms with Gasteiger partial charge in [0.15, 0.2) is 0 Å². The maximum atomic E-state index is 6.00. The third-order valence-electron chi connectivity index (χ3n) is 3.96. The lowest BCUT2D eigenvalue weighted by molar-refractivity contribution is 0.120. The van der Waals surface area contributed by atoms with Gasteiger partial charge in [-0.25, -0.2) is 0 Å². The van der Waals surface area contributed by atoms with Crippen molar-refractivity contribution in [2.24, 2.45) is 0 Å². The predicted molar refractivity (Wildman–Crippen MR) is 77.3 cm³/mol. The van der Waals surface area contributed by atoms with E-state index in [4.69, 9.17) is 4.74 Å². The van der Waals surface area contributed by atoms with E-state index in [9.17, 15) is 0 Å². The second-order valence-corrected chi connectivity index (χ2v) is 5.52. The van der Waals surface area contributed by atoms with E-state index in [1.54, 1.807) is 0 Å². The third kappa shape index (κ3) is 3.51. The summed E-state index contributed by atoms with van der Waals surface area (Å²) < 4.78 is 6.00. The van der Waals surface area contributed by atoms with Crippen molar-refractivity contribution < 1.29 is 4.74 Å². The van der Waals surface area contributed by atoms with Crippen molar-refractivity contribution >= 4 is 0 Å². The minimum absolute atomic E-state index is 0.482. The molecule has 0 saturated heterocycles. The van der Waals surface area contributed by atoms with Gasteiger partial charge in [0.25, 0.3) is 0 Å². The minimum Gasteiger partial charge on any atom is -0.490 e. The van der Waals surface area contributed by atoms with Crippen molar-refractivity contribution in [1.29, 1.82) is 0 Å². The fourth-order valence-electron chi connectivity index (χ4n) is 2.70. The molecule has 0 unspecified atom stereocenters. The summed E-state index contributed by atoms with van der Waals surface area (Å²) in [6, 6.07) is 8.80. The van der Waals surface area contributed by atoms with Crippen LogP contribution in [-0.4, -0.2) is 6.10 Å². The summed E-state index contributed by atoms with van der Waals surface area (Å²) in [7, 11) is 0. The molecule has 1 aliphatic carbocycles. The Morgan fingerprint density at radius 2 is 1.89 bits per heavy atom. The molecule has 1 nitrogen and oxygen atoms in total. The van der Waals surface area contributed by atoms with Crippen molar-refractivity contribution in [2.75, 3.05) is 0 Å². The SMILES string of the molecule is CCCC(CCC)c1cccc(OC2CCC2)c1. The first-order valence-electron chi connectivity index (χ1n) is 7.60. The summed E-state index contributed by atoms with van der Waals surface area (Å²) in [6.45, 7) is 4.55. The first-order chi connectivity index (χ1) is 8.83. The summed E-state index contributed by atoms with van der Waals surface area (Å²) in [5, 5.41) is 0. The Kier molecular flexibility index (Phi) is 5.10. The van der Waals surface area contributed by atoms with Gasteiger partial charge in [0, 0.05) is 0 Å². The monoisotopic (exact) mass is 246 g/mol. The molecule has 0 amide bonds. The zero-order valence-corrected chi connectivity index (χ0v) is 11.8. The highest BCUT2D eigenvalue weighted by Crippen LogP contribution is 2.31. The van der Waals surface area contributed by atoms with Crippen molar-refractivity contribution in [3.8, 4) is 5.75 Å². The molecule has 1 aliphatic rings. The number of hydrogen-bond donors (Lipinski definition) is 0. The Morgan fingerprint density at radius 3 is 2.44 bits per heavy atom. The van der Waals surface area contributed by atoms with Gasteiger partial charge in [-0.2, -0.15) is 0 Å². The van der Waals surface area contributed by atoms with Gasteiger partial charge < -0.3 is 4.74 Å². The van der Waals surface area contributed by atoms with Crippen LogP contribution in [0.5, 0.6) is 5.75 Å². The Bertz CT molecular complexity index is 348. The van der Waals surface area contributed by atoms with E-state index in [0.29, 0.717) is 12.0 Å². The zero-order chi connectivity index (χ0) is 12.8. The van der Waals surface area contributed by atoms with Gasteiger partial charge >= 0.3 is 0 Å². The number of hydrogen-bond acceptors (Lipinski definition) is 1. The first kappa shape index (κ1) is 13.5. The molecule has 2 rings (SSSR count). The molecule has 0 N–H and O–H groups in total. The molecule has 0 aromatic heterocycles. The van der Waals surface area contributed by atoms with E-state index in [-0.39, 0.29) is 0 Å². The number of rotatable bonds is 7. The maximum Gasteiger partial charge on any atom is 0.119 e. The van der Waals surface area contributed by atoms with Crippen LogP contribution in [0.2, 0.25) is 0 Å². The van der Waals surface area contributed by atoms with Crippen LogP contribution in [0.3, 0.4) is 0 Å². The van der Waals surface area contributed by atoms with Gasteiger partial charge in [-0.15, -0.1) is 0 Å². The smallest absolute Gasteiger partial charge is 0.119 e. The second-order valence-electron chi connectivity index (χ2n) is 5.52. The molecule has 1 aromatic rings. The van der Waals surface area contributed by atoms with Crippen molar-refractivity contribution in [3.63, 3.8) is 0 Å². The molecule has 0 bridgehead atoms. The quantitative estimate of drug-likeness (QED) is 0.634. The highest BCUT2D eigenvalue weighted by Gasteiger charge is 2.19. The van der Waals surface area contributed by atoms with E-state index in [2.05, 4.69) is 38.1 Å². The van der Waals surface area contributed by atoms with E-state index in [1.165, 1.54) is 50.5 Å². The van der Waals surface area contributed by atoms with Crippen LogP contribution in [-0.2, 0) is 0 Å². The summed E-state index contributed by atoms with van der Waals surface area (Å²) >= 11 is 0. The zero-order valence-electron chi connectivity index (χ0n) is 11.8. The van der Waals surface area contributed by atoms with Gasteiger partial charge in [-0.3, -0.25) is 0 Å². The Balaban J connectivity index is 2.03. The van der Waals surface area contributed by atoms with Crippen LogP contribution in [0.15, 0.2) is 24.3 Å². The average Bonchev–Trinajstić information content (AvgIpc) is 2.34. The molecule has 0 heterocycles. The molecule has 18 heavy (non-hydrogen) atoms. The minimum atomic E-state index is 0.482. The van der Waals surface area contributed by atoms with E-state index in [1.807, 2.05) is 0 Å². The molecule has 0 atom stereocenters. The van der Waals surface area contributed by atoms with Gasteiger partial charge in [-0.05, 0) is 55.7 Å². The second kappa shape index (κ2) is 6.82. The van der Waals surface area contributed by atoms with Crippen LogP contribution in [0.25, 0.3) is 0 Å². The van der Waals surface area contributed by atoms with Gasteiger partial charge in [0.05, 0.1) is 6.10 Å². The van der Waals surface area contributed by atoms with Crippen LogP contribution >= 0.6 is 0 Å². The predicted octanol–water partition coefficient (Wildman–Crippen LogP) is 5.30. The van der Waals surface area contributed by atoms with Gasteiger partial charge in [0.2, 0.25) is 0 Å². The Labute approximate surface area is 112 Å². The molecular weight excluding hydrogens is 220 g/mol. The molecule has 0 aliphatic heterocycles. The van der Waals surface area contributed by atoms with Crippen LogP contribution in [0, 0.1) is 0 Å². The van der Waals surface area contributed by atoms with Gasteiger partial charge in [-0.1, -0.05) is 38.8 Å². The third-order valence-corrected chi connectivity index (χ3v) is 3.96. The largest absolute Gasteiger partial charge is 0.490 e. The summed E-state index contributed by atoms with van der Waals surface area (Å²) in [6.07, 6.45) is 9.39. The molecule has 1 saturated carbocycles. The lowest BCUT2D eigenvalue weighted by Gasteiger charge is -2.27. The van der Waals surface area contributed by atoms with E-state index < -0.39 is 0 Å². The molecule has 1 heteroatoms. The highest BCUT2D eigenvalue weighted by molar-refractivity contribution is 5.31. The molecule has 1 fully saturated rings. The summed E-state index contributed by atoms with van der Waals surface area (Å²) in [5.74, 6) is 1.79. The summed E-state index contributed by atoms with van der Waals surface area (Å²) in [4.78, 5) is 0. The summed E-state index contributed by atoms with van der Waals surface area (Å²) in [5.41, 5.74) is 1.47. The van der Waals surface area contributed by atoms with Crippen molar-refractivity contribution in [3.05, 3.63) is 29.8 Å². The number of benzene rings is 1. The standard InChI is InChI=1S/C17H26O/c1-3-7-14(8-4-2)15-9-5-12-17(13-15)18-16-10-6-11-16/h5,9,12-14,16H,3-4,6-8,10-11H2,1-2H3. The fraction of sp³-hybridized carbons (Fsp3) is 0.647. The first-order valence-corrected chi connectivity index (χ1v) is 7.60. The maximum absolute atomic E-state index is 6.00. The highest BCUT2D eigenvalue weighted by atomic mass is 16.5. The average molecular weight is 246 g/mol. The van der Waals surface area contributed by atoms with E-state index in [0.717, 1.165) is 5.75 Å². The van der Waals surface area contributed by atoms with Gasteiger partial charge in [0.1, 0.15) is 5.75 Å². The van der Waals surface area contributed by atoms with Crippen LogP contribution in [0.1, 0.15) is 70.3 Å². The Morgan fingerprint density at radius 1 is 1.17 bits per heavy atom. The lowest BCUT2D eigenvalue weighted by atomic mass is 9.90.